The van der Waals surface area contributed by atoms with Crippen molar-refractivity contribution in [2.45, 2.75) is 31.7 Å². The van der Waals surface area contributed by atoms with Gasteiger partial charge in [-0.2, -0.15) is 0 Å². The predicted molar refractivity (Wildman–Crippen MR) is 65.0 cm³/mol. The second-order valence-electron chi connectivity index (χ2n) is 5.03. The van der Waals surface area contributed by atoms with Crippen molar-refractivity contribution in [1.29, 1.82) is 0 Å². The predicted octanol–water partition coefficient (Wildman–Crippen LogP) is 1.79. The number of ether oxygens (including phenoxy) is 1. The number of hydrogen-bond acceptors (Lipinski definition) is 3. The number of aliphatic carboxylic acids is 1. The Bertz CT molecular complexity index is 355. The van der Waals surface area contributed by atoms with Gasteiger partial charge in [-0.15, -0.1) is 0 Å². The van der Waals surface area contributed by atoms with Crippen LogP contribution in [-0.4, -0.2) is 29.8 Å². The number of fused-ring (bicyclic) bond motifs is 1. The first-order valence-corrected chi connectivity index (χ1v) is 6.42. The molecule has 100 valence electrons. The van der Waals surface area contributed by atoms with E-state index in [4.69, 9.17) is 4.74 Å². The van der Waals surface area contributed by atoms with Crippen LogP contribution in [0.1, 0.15) is 25.7 Å². The number of nitrogens with one attached hydrogen (secondary N) is 1. The largest absolute Gasteiger partial charge is 0.481 e. The fourth-order valence-electron chi connectivity index (χ4n) is 3.31. The summed E-state index contributed by atoms with van der Waals surface area (Å²) in [5, 5.41) is 11.9. The topological polar surface area (TPSA) is 75.6 Å². The van der Waals surface area contributed by atoms with Gasteiger partial charge >= 0.3 is 12.1 Å². The monoisotopic (exact) mass is 253 g/mol. The quantitative estimate of drug-likeness (QED) is 0.749. The molecule has 0 unspecified atom stereocenters. The molecule has 0 spiro atoms. The van der Waals surface area contributed by atoms with E-state index < -0.39 is 18.0 Å². The minimum Gasteiger partial charge on any atom is -0.481 e. The van der Waals surface area contributed by atoms with Crippen molar-refractivity contribution in [3.05, 3.63) is 12.7 Å². The van der Waals surface area contributed by atoms with Gasteiger partial charge in [0.25, 0.3) is 0 Å². The molecule has 2 fully saturated rings. The Morgan fingerprint density at radius 3 is 2.61 bits per heavy atom. The summed E-state index contributed by atoms with van der Waals surface area (Å²) in [6.07, 6.45) is 5.11. The van der Waals surface area contributed by atoms with Gasteiger partial charge in [-0.3, -0.25) is 4.79 Å². The number of rotatable bonds is 4. The number of amides is 1. The van der Waals surface area contributed by atoms with Crippen LogP contribution in [-0.2, 0) is 9.53 Å². The van der Waals surface area contributed by atoms with Crippen molar-refractivity contribution in [2.75, 3.05) is 6.61 Å². The molecule has 5 nitrogen and oxygen atoms in total. The molecule has 18 heavy (non-hydrogen) atoms. The average molecular weight is 253 g/mol. The third-order valence-corrected chi connectivity index (χ3v) is 4.09. The van der Waals surface area contributed by atoms with Gasteiger partial charge in [0.15, 0.2) is 0 Å². The third kappa shape index (κ3) is 2.35. The van der Waals surface area contributed by atoms with Crippen LogP contribution in [0.4, 0.5) is 4.79 Å². The smallest absolute Gasteiger partial charge is 0.407 e. The van der Waals surface area contributed by atoms with E-state index in [0.29, 0.717) is 5.92 Å². The lowest BCUT2D eigenvalue weighted by atomic mass is 9.55. The van der Waals surface area contributed by atoms with E-state index >= 15 is 0 Å². The first kappa shape index (κ1) is 12.9. The number of carboxylic acid groups (broad SMARTS) is 1. The minimum absolute atomic E-state index is 0.143. The van der Waals surface area contributed by atoms with Gasteiger partial charge in [-0.1, -0.05) is 25.5 Å². The molecule has 2 aliphatic rings. The SMILES string of the molecule is C=CCOC(=O)N[C@H]1[C@@H]2CCCC[C@@H]2[C@@H]1C(=O)O. The van der Waals surface area contributed by atoms with Crippen molar-refractivity contribution in [3.63, 3.8) is 0 Å². The molecule has 2 saturated carbocycles. The van der Waals surface area contributed by atoms with Crippen LogP contribution in [0.3, 0.4) is 0 Å². The number of carbonyl (C=O) groups excluding carboxylic acids is 1. The van der Waals surface area contributed by atoms with Crippen molar-refractivity contribution in [3.8, 4) is 0 Å². The van der Waals surface area contributed by atoms with Crippen LogP contribution in [0.25, 0.3) is 0 Å². The maximum Gasteiger partial charge on any atom is 0.407 e. The highest BCUT2D eigenvalue weighted by atomic mass is 16.5. The summed E-state index contributed by atoms with van der Waals surface area (Å²) in [5.41, 5.74) is 0. The Hall–Kier alpha value is -1.52. The van der Waals surface area contributed by atoms with Gasteiger partial charge in [0, 0.05) is 6.04 Å². The average Bonchev–Trinajstić information content (AvgIpc) is 2.33. The zero-order chi connectivity index (χ0) is 13.1. The van der Waals surface area contributed by atoms with E-state index in [-0.39, 0.29) is 18.6 Å². The van der Waals surface area contributed by atoms with Crippen molar-refractivity contribution >= 4 is 12.1 Å². The van der Waals surface area contributed by atoms with Gasteiger partial charge in [0.2, 0.25) is 0 Å². The molecule has 0 aromatic carbocycles. The fraction of sp³-hybridized carbons (Fsp3) is 0.692. The maximum atomic E-state index is 11.5. The molecule has 2 rings (SSSR count). The molecule has 0 heterocycles. The summed E-state index contributed by atoms with van der Waals surface area (Å²) in [6, 6.07) is -0.273. The maximum absolute atomic E-state index is 11.5. The van der Waals surface area contributed by atoms with Crippen LogP contribution in [0, 0.1) is 17.8 Å². The molecule has 0 bridgehead atoms. The molecule has 4 atom stereocenters. The highest BCUT2D eigenvalue weighted by Crippen LogP contribution is 2.49. The number of carboxylic acids is 1. The Balaban J connectivity index is 1.94. The van der Waals surface area contributed by atoms with E-state index in [1.807, 2.05) is 0 Å². The normalized spacial score (nSPS) is 33.8. The van der Waals surface area contributed by atoms with Crippen LogP contribution >= 0.6 is 0 Å². The number of carbonyl (C=O) groups is 2. The first-order valence-electron chi connectivity index (χ1n) is 6.42. The van der Waals surface area contributed by atoms with Crippen LogP contribution in [0.2, 0.25) is 0 Å². The summed E-state index contributed by atoms with van der Waals surface area (Å²) in [7, 11) is 0. The highest BCUT2D eigenvalue weighted by molar-refractivity contribution is 5.75. The summed E-state index contributed by atoms with van der Waals surface area (Å²) in [5.74, 6) is -0.740. The third-order valence-electron chi connectivity index (χ3n) is 4.09. The zero-order valence-corrected chi connectivity index (χ0v) is 10.3. The highest BCUT2D eigenvalue weighted by Gasteiger charge is 2.55. The van der Waals surface area contributed by atoms with E-state index in [1.54, 1.807) is 0 Å². The van der Waals surface area contributed by atoms with Crippen LogP contribution in [0.15, 0.2) is 12.7 Å². The summed E-state index contributed by atoms with van der Waals surface area (Å²) >= 11 is 0. The lowest BCUT2D eigenvalue weighted by Gasteiger charge is -2.52. The Labute approximate surface area is 106 Å². The summed E-state index contributed by atoms with van der Waals surface area (Å²) in [6.45, 7) is 3.60. The first-order chi connectivity index (χ1) is 8.65. The summed E-state index contributed by atoms with van der Waals surface area (Å²) in [4.78, 5) is 22.7. The Morgan fingerprint density at radius 2 is 2.00 bits per heavy atom. The molecule has 0 saturated heterocycles. The van der Waals surface area contributed by atoms with Crippen molar-refractivity contribution in [1.82, 2.24) is 5.32 Å². The molecule has 0 aliphatic heterocycles. The van der Waals surface area contributed by atoms with Crippen LogP contribution in [0.5, 0.6) is 0 Å². The molecule has 0 aromatic heterocycles. The number of hydrogen-bond donors (Lipinski definition) is 2. The Kier molecular flexibility index (Phi) is 3.89. The van der Waals surface area contributed by atoms with Gasteiger partial charge in [-0.05, 0) is 24.7 Å². The van der Waals surface area contributed by atoms with Crippen molar-refractivity contribution < 1.29 is 19.4 Å². The molecule has 1 amide bonds. The van der Waals surface area contributed by atoms with E-state index in [1.165, 1.54) is 6.08 Å². The molecular formula is C13H19NO4. The van der Waals surface area contributed by atoms with Crippen LogP contribution < -0.4 is 5.32 Å². The molecule has 0 radical (unpaired) electrons. The van der Waals surface area contributed by atoms with Gasteiger partial charge in [0.1, 0.15) is 6.61 Å². The lowest BCUT2D eigenvalue weighted by Crippen LogP contribution is -2.63. The molecule has 5 heteroatoms. The molecule has 0 aromatic rings. The summed E-state index contributed by atoms with van der Waals surface area (Å²) < 4.78 is 4.84. The van der Waals surface area contributed by atoms with E-state index in [9.17, 15) is 14.7 Å². The Morgan fingerprint density at radius 1 is 1.33 bits per heavy atom. The molecule has 2 N–H and O–H groups in total. The second kappa shape index (κ2) is 5.42. The van der Waals surface area contributed by atoms with Crippen molar-refractivity contribution in [2.24, 2.45) is 17.8 Å². The van der Waals surface area contributed by atoms with Gasteiger partial charge < -0.3 is 15.2 Å². The molecule has 2 aliphatic carbocycles. The second-order valence-corrected chi connectivity index (χ2v) is 5.03. The standard InChI is InChI=1S/C13H19NO4/c1-2-7-18-13(17)14-11-9-6-4-3-5-8(9)10(11)12(15)16/h2,8-11H,1,3-7H2,(H,14,17)(H,15,16)/t8-,9+,10-,11-/m0/s1. The van der Waals surface area contributed by atoms with E-state index in [2.05, 4.69) is 11.9 Å². The fourth-order valence-corrected chi connectivity index (χ4v) is 3.31. The minimum atomic E-state index is -0.813. The number of alkyl carbamates (subject to hydrolysis) is 1. The zero-order valence-electron chi connectivity index (χ0n) is 10.3. The lowest BCUT2D eigenvalue weighted by molar-refractivity contribution is -0.156. The van der Waals surface area contributed by atoms with Gasteiger partial charge in [0.05, 0.1) is 5.92 Å². The molecular weight excluding hydrogens is 234 g/mol. The van der Waals surface area contributed by atoms with E-state index in [0.717, 1.165) is 25.7 Å². The van der Waals surface area contributed by atoms with Gasteiger partial charge in [-0.25, -0.2) is 4.79 Å².